The number of ether oxygens (including phenoxy) is 3. The molecule has 2 saturated heterocycles. The molecule has 2 aliphatic rings. The Hall–Kier alpha value is -8.16. The van der Waals surface area contributed by atoms with Crippen molar-refractivity contribution in [3.8, 4) is 0 Å². The molecule has 0 spiro atoms. The summed E-state index contributed by atoms with van der Waals surface area (Å²) in [7, 11) is 6.06. The normalized spacial score (nSPS) is 17.6. The lowest BCUT2D eigenvalue weighted by atomic mass is 9.89. The maximum absolute atomic E-state index is 14.8. The third-order valence-corrected chi connectivity index (χ3v) is 19.7. The molecule has 0 bridgehead atoms. The Morgan fingerprint density at radius 2 is 1.39 bits per heavy atom. The van der Waals surface area contributed by atoms with Crippen LogP contribution in [0, 0.1) is 29.6 Å². The molecule has 29 nitrogen and oxygen atoms in total. The second kappa shape index (κ2) is 42.4. The molecule has 2 heterocycles. The van der Waals surface area contributed by atoms with Crippen LogP contribution in [0.2, 0.25) is 0 Å². The van der Waals surface area contributed by atoms with Crippen molar-refractivity contribution in [2.24, 2.45) is 35.3 Å². The number of nitrogens with one attached hydrogen (secondary N) is 6. The maximum Gasteiger partial charge on any atom is 0.410 e. The zero-order chi connectivity index (χ0) is 76.2. The Balaban J connectivity index is 1.37. The highest BCUT2D eigenvalue weighted by molar-refractivity contribution is 7.99. The van der Waals surface area contributed by atoms with Gasteiger partial charge in [-0.2, -0.15) is 11.8 Å². The van der Waals surface area contributed by atoms with Crippen LogP contribution in [0.1, 0.15) is 131 Å². The Kier molecular flexibility index (Phi) is 35.9. The standard InChI is InChI=1S/C72H113N13O16S/c1-17-46(10)63(54(99-15)37-59(90)85-35-24-28-53(85)65(100-16)47(11)66(92)75-48(12)64(91)50-25-21-20-22-26-50)80(13)70(96)61(44(6)7)79-69(95)62(45(8)9)81(14)72(98)101-38-49-29-31-51(32-30-49)76-67(93)52(27-23-34-74-71(73)97)77-68(94)60(43(4)5)78-55(86)39-102-36-33-58(89)84-41-82(56(87)18-2)40-83(42-84)57(88)19-3/h18-22,25-26,29-32,43-48,52-54,56,60-65,87,91H,2-3,17,23-24,27-28,33-42H2,1,4-16H3,(H,75,92)(H,76,93)(H,77,94)(H,78,86)(H,79,95)(H3,73,74,97)/t46-,47+,48+,52-,53-,54+,56?,60-,61-,62-,63-,64+,65+/m0/s1. The molecular formula is C72H113N13O16S. The number of primary amides is 1. The van der Waals surface area contributed by atoms with Gasteiger partial charge in [0.05, 0.1) is 74.5 Å². The van der Waals surface area contributed by atoms with Gasteiger partial charge in [-0.1, -0.05) is 124 Å². The molecule has 13 atom stereocenters. The predicted molar refractivity (Wildman–Crippen MR) is 388 cm³/mol. The molecule has 102 heavy (non-hydrogen) atoms. The molecule has 12 amide bonds. The van der Waals surface area contributed by atoms with Crippen LogP contribution in [0.15, 0.2) is 79.9 Å². The monoisotopic (exact) mass is 1450 g/mol. The molecule has 568 valence electrons. The molecule has 4 rings (SSSR count). The molecule has 0 radical (unpaired) electrons. The summed E-state index contributed by atoms with van der Waals surface area (Å²) in [6, 6.07) is 8.49. The lowest BCUT2D eigenvalue weighted by Gasteiger charge is -2.43. The minimum absolute atomic E-state index is 0.00463. The number of urea groups is 1. The van der Waals surface area contributed by atoms with Gasteiger partial charge >= 0.3 is 12.1 Å². The van der Waals surface area contributed by atoms with Gasteiger partial charge < -0.3 is 81.7 Å². The van der Waals surface area contributed by atoms with Crippen molar-refractivity contribution in [2.45, 2.75) is 188 Å². The van der Waals surface area contributed by atoms with Crippen molar-refractivity contribution < 1.29 is 77.2 Å². The summed E-state index contributed by atoms with van der Waals surface area (Å²) in [5.41, 5.74) is 6.75. The summed E-state index contributed by atoms with van der Waals surface area (Å²) < 4.78 is 17.8. The molecule has 2 aromatic rings. The lowest BCUT2D eigenvalue weighted by Crippen LogP contribution is -2.60. The first-order valence-corrected chi connectivity index (χ1v) is 36.1. The number of hydrogen-bond donors (Lipinski definition) is 9. The van der Waals surface area contributed by atoms with Crippen LogP contribution < -0.4 is 37.6 Å². The van der Waals surface area contributed by atoms with Gasteiger partial charge in [-0.05, 0) is 91.7 Å². The van der Waals surface area contributed by atoms with E-state index in [4.69, 9.17) is 19.9 Å². The van der Waals surface area contributed by atoms with Gasteiger partial charge in [-0.3, -0.25) is 48.1 Å². The van der Waals surface area contributed by atoms with Crippen LogP contribution in [-0.4, -0.2) is 239 Å². The number of hydrogen-bond acceptors (Lipinski definition) is 18. The highest BCUT2D eigenvalue weighted by atomic mass is 32.2. The molecule has 0 aliphatic carbocycles. The molecule has 2 aliphatic heterocycles. The van der Waals surface area contributed by atoms with E-state index in [0.29, 0.717) is 42.6 Å². The average Bonchev–Trinajstić information content (AvgIpc) is 1.07. The van der Waals surface area contributed by atoms with Crippen molar-refractivity contribution >= 4 is 82.7 Å². The number of likely N-dealkylation sites (N-methyl/N-ethyl adjacent to an activating group) is 2. The van der Waals surface area contributed by atoms with Crippen molar-refractivity contribution in [1.82, 2.24) is 56.0 Å². The minimum atomic E-state index is -1.16. The smallest absolute Gasteiger partial charge is 0.410 e. The van der Waals surface area contributed by atoms with Crippen molar-refractivity contribution in [3.63, 3.8) is 0 Å². The zero-order valence-corrected chi connectivity index (χ0v) is 62.7. The number of rotatable bonds is 40. The van der Waals surface area contributed by atoms with Gasteiger partial charge in [-0.15, -0.1) is 0 Å². The molecule has 2 aromatic carbocycles. The Labute approximate surface area is 605 Å². The Bertz CT molecular complexity index is 3130. The summed E-state index contributed by atoms with van der Waals surface area (Å²) >= 11 is 1.15. The van der Waals surface area contributed by atoms with E-state index in [-0.39, 0.29) is 94.0 Å². The van der Waals surface area contributed by atoms with Crippen LogP contribution in [0.5, 0.6) is 0 Å². The van der Waals surface area contributed by atoms with Gasteiger partial charge in [0.1, 0.15) is 37.0 Å². The van der Waals surface area contributed by atoms with E-state index in [1.54, 1.807) is 109 Å². The number of carbonyl (C=O) groups excluding carboxylic acids is 11. The van der Waals surface area contributed by atoms with Crippen molar-refractivity contribution in [2.75, 3.05) is 78.2 Å². The fourth-order valence-electron chi connectivity index (χ4n) is 12.7. The van der Waals surface area contributed by atoms with E-state index >= 15 is 0 Å². The largest absolute Gasteiger partial charge is 0.445 e. The Morgan fingerprint density at radius 3 is 1.97 bits per heavy atom. The van der Waals surface area contributed by atoms with Crippen LogP contribution in [-0.2, 0) is 64.0 Å². The third-order valence-electron chi connectivity index (χ3n) is 18.7. The van der Waals surface area contributed by atoms with Gasteiger partial charge in [0.25, 0.3) is 0 Å². The van der Waals surface area contributed by atoms with Gasteiger partial charge in [0, 0.05) is 59.3 Å². The quantitative estimate of drug-likeness (QED) is 0.0256. The first-order chi connectivity index (χ1) is 48.2. The number of benzene rings is 2. The molecule has 10 N–H and O–H groups in total. The van der Waals surface area contributed by atoms with Gasteiger partial charge in [0.2, 0.25) is 53.2 Å². The zero-order valence-electron chi connectivity index (χ0n) is 61.9. The molecule has 0 aromatic heterocycles. The summed E-state index contributed by atoms with van der Waals surface area (Å²) in [6.45, 7) is 25.4. The molecule has 2 fully saturated rings. The number of nitrogens with zero attached hydrogens (tertiary/aromatic N) is 6. The van der Waals surface area contributed by atoms with Crippen LogP contribution in [0.4, 0.5) is 15.3 Å². The van der Waals surface area contributed by atoms with E-state index in [9.17, 15) is 63.0 Å². The number of methoxy groups -OCH3 is 2. The highest BCUT2D eigenvalue weighted by Crippen LogP contribution is 2.31. The number of amides is 12. The number of anilines is 1. The number of carbonyl (C=O) groups is 11. The lowest BCUT2D eigenvalue weighted by molar-refractivity contribution is -0.156. The number of thioether (sulfide) groups is 1. The predicted octanol–water partition coefficient (Wildman–Crippen LogP) is 4.25. The van der Waals surface area contributed by atoms with E-state index in [2.05, 4.69) is 45.1 Å². The topological polar surface area (TPSA) is 374 Å². The maximum atomic E-state index is 14.8. The van der Waals surface area contributed by atoms with Crippen LogP contribution in [0.3, 0.4) is 0 Å². The van der Waals surface area contributed by atoms with Crippen LogP contribution in [0.25, 0.3) is 0 Å². The number of aliphatic hydroxyl groups is 2. The fraction of sp³-hybridized carbons (Fsp3) is 0.625. The Morgan fingerprint density at radius 1 is 0.745 bits per heavy atom. The van der Waals surface area contributed by atoms with Gasteiger partial charge in [-0.25, -0.2) is 14.5 Å². The highest BCUT2D eigenvalue weighted by Gasteiger charge is 2.44. The molecule has 30 heteroatoms. The van der Waals surface area contributed by atoms with E-state index in [1.165, 1.54) is 46.9 Å². The third kappa shape index (κ3) is 25.4. The average molecular weight is 1450 g/mol. The number of likely N-dealkylation sites (tertiary alicyclic amines) is 1. The SMILES string of the molecule is C=CC(=O)N1CN(C(=O)CCSCC(=O)N[C@H](C(=O)N[C@@H](CCCNC(N)=O)C(=O)Nc2ccc(COC(=O)N(C)[C@H](C(=O)N[C@H](C(=O)N(C)[C@@H]([C@@H](C)CC)[C@@H](CC(=O)N3CCC[C@H]3[C@H](OC)[C@@H](C)C(=O)N[C@H](C)[C@@H](O)c3ccccc3)OC)C(C)C)C(C)C)cc2)C(C)C)CN(C(O)C=C)C1. The molecular weight excluding hydrogens is 1330 g/mol. The first-order valence-electron chi connectivity index (χ1n) is 34.9. The molecule has 1 unspecified atom stereocenters. The summed E-state index contributed by atoms with van der Waals surface area (Å²) in [5, 5.41) is 37.9. The minimum Gasteiger partial charge on any atom is -0.445 e. The second-order valence-electron chi connectivity index (χ2n) is 27.3. The van der Waals surface area contributed by atoms with Crippen molar-refractivity contribution in [1.29, 1.82) is 0 Å². The van der Waals surface area contributed by atoms with E-state index in [0.717, 1.165) is 17.8 Å². The summed E-state index contributed by atoms with van der Waals surface area (Å²) in [4.78, 5) is 158. The first kappa shape index (κ1) is 86.2. The second-order valence-corrected chi connectivity index (χ2v) is 28.4. The number of aliphatic hydroxyl groups excluding tert-OH is 2. The van der Waals surface area contributed by atoms with Crippen LogP contribution >= 0.6 is 11.8 Å². The fourth-order valence-corrected chi connectivity index (χ4v) is 13.4. The van der Waals surface area contributed by atoms with Crippen molar-refractivity contribution in [3.05, 3.63) is 91.0 Å². The summed E-state index contributed by atoms with van der Waals surface area (Å²) in [5.74, 6) is -6.24. The van der Waals surface area contributed by atoms with Gasteiger partial charge in [0.15, 0.2) is 0 Å². The molecule has 0 saturated carbocycles. The number of nitrogens with two attached hydrogens (primary N) is 1. The van der Waals surface area contributed by atoms with E-state index < -0.39 is 138 Å². The van der Waals surface area contributed by atoms with E-state index in [1.807, 2.05) is 32.0 Å². The summed E-state index contributed by atoms with van der Waals surface area (Å²) in [6.07, 6.45) is 0.0874.